The highest BCUT2D eigenvalue weighted by molar-refractivity contribution is 7.13. The van der Waals surface area contributed by atoms with Crippen molar-refractivity contribution in [2.24, 2.45) is 0 Å². The Bertz CT molecular complexity index is 484. The van der Waals surface area contributed by atoms with Gasteiger partial charge < -0.3 is 10.4 Å². The molecule has 6 heteroatoms. The van der Waals surface area contributed by atoms with Crippen molar-refractivity contribution in [2.45, 2.75) is 52.5 Å². The van der Waals surface area contributed by atoms with E-state index in [1.165, 1.54) is 18.3 Å². The summed E-state index contributed by atoms with van der Waals surface area (Å²) in [6.45, 7) is 7.16. The third kappa shape index (κ3) is 3.53. The molecular weight excluding hydrogens is 264 g/mol. The molecule has 19 heavy (non-hydrogen) atoms. The molecule has 1 heterocycles. The number of thiazole rings is 1. The van der Waals surface area contributed by atoms with Crippen molar-refractivity contribution in [3.05, 3.63) is 15.6 Å². The Kier molecular flexibility index (Phi) is 5.05. The Morgan fingerprint density at radius 3 is 2.47 bits per heavy atom. The van der Waals surface area contributed by atoms with E-state index in [1.807, 2.05) is 13.8 Å². The summed E-state index contributed by atoms with van der Waals surface area (Å²) in [5, 5.41) is 12.8. The van der Waals surface area contributed by atoms with E-state index in [9.17, 15) is 14.7 Å². The average Bonchev–Trinajstić information content (AvgIpc) is 2.70. The summed E-state index contributed by atoms with van der Waals surface area (Å²) < 4.78 is 0. The molecule has 0 saturated heterocycles. The van der Waals surface area contributed by atoms with Crippen molar-refractivity contribution < 1.29 is 14.7 Å². The van der Waals surface area contributed by atoms with E-state index < -0.39 is 11.5 Å². The fraction of sp³-hybridized carbons (Fsp3) is 0.615. The third-order valence-corrected chi connectivity index (χ3v) is 4.26. The van der Waals surface area contributed by atoms with Crippen LogP contribution in [-0.2, 0) is 11.2 Å². The Labute approximate surface area is 117 Å². The minimum Gasteiger partial charge on any atom is -0.480 e. The van der Waals surface area contributed by atoms with Crippen LogP contribution in [0.5, 0.6) is 0 Å². The van der Waals surface area contributed by atoms with E-state index >= 15 is 0 Å². The predicted octanol–water partition coefficient (Wildman–Crippen LogP) is 2.39. The molecule has 5 nitrogen and oxygen atoms in total. The molecule has 1 amide bonds. The zero-order valence-electron chi connectivity index (χ0n) is 11.7. The molecule has 0 bridgehead atoms. The highest BCUT2D eigenvalue weighted by atomic mass is 32.1. The van der Waals surface area contributed by atoms with Crippen molar-refractivity contribution in [3.8, 4) is 0 Å². The number of nitrogens with one attached hydrogen (secondary N) is 1. The number of nitrogens with zero attached hydrogens (tertiary/aromatic N) is 1. The van der Waals surface area contributed by atoms with Gasteiger partial charge in [-0.05, 0) is 26.7 Å². The maximum Gasteiger partial charge on any atom is 0.329 e. The second kappa shape index (κ2) is 6.14. The Hall–Kier alpha value is -1.43. The van der Waals surface area contributed by atoms with Gasteiger partial charge in [0.1, 0.15) is 10.4 Å². The van der Waals surface area contributed by atoms with Crippen LogP contribution in [-0.4, -0.2) is 27.5 Å². The lowest BCUT2D eigenvalue weighted by Crippen LogP contribution is -2.52. The maximum absolute atomic E-state index is 12.2. The summed E-state index contributed by atoms with van der Waals surface area (Å²) in [5.74, 6) is -1.37. The van der Waals surface area contributed by atoms with E-state index in [0.29, 0.717) is 23.4 Å². The molecule has 1 rings (SSSR count). The highest BCUT2D eigenvalue weighted by Crippen LogP contribution is 2.20. The molecule has 0 aliphatic rings. The zero-order chi connectivity index (χ0) is 14.6. The van der Waals surface area contributed by atoms with Gasteiger partial charge in [0.15, 0.2) is 0 Å². The van der Waals surface area contributed by atoms with Gasteiger partial charge in [-0.1, -0.05) is 20.3 Å². The molecule has 0 radical (unpaired) electrons. The van der Waals surface area contributed by atoms with Gasteiger partial charge >= 0.3 is 5.97 Å². The number of aliphatic carboxylic acids is 1. The van der Waals surface area contributed by atoms with Crippen LogP contribution in [0, 0.1) is 6.92 Å². The van der Waals surface area contributed by atoms with Crippen LogP contribution >= 0.6 is 11.3 Å². The van der Waals surface area contributed by atoms with E-state index in [1.54, 1.807) is 6.92 Å². The van der Waals surface area contributed by atoms with Gasteiger partial charge in [-0.3, -0.25) is 4.79 Å². The molecule has 0 saturated carbocycles. The second-order valence-corrected chi connectivity index (χ2v) is 5.80. The summed E-state index contributed by atoms with van der Waals surface area (Å²) >= 11 is 1.32. The average molecular weight is 284 g/mol. The van der Waals surface area contributed by atoms with Gasteiger partial charge in [-0.25, -0.2) is 9.78 Å². The SMILES string of the molecule is CCCC(C)(NC(=O)c1sc(CC)nc1C)C(=O)O. The van der Waals surface area contributed by atoms with Gasteiger partial charge in [-0.2, -0.15) is 0 Å². The van der Waals surface area contributed by atoms with Gasteiger partial charge in [0.05, 0.1) is 10.7 Å². The number of aryl methyl sites for hydroxylation is 2. The minimum atomic E-state index is -1.23. The van der Waals surface area contributed by atoms with E-state index in [4.69, 9.17) is 0 Å². The molecule has 1 aromatic rings. The van der Waals surface area contributed by atoms with Gasteiger partial charge in [0.25, 0.3) is 5.91 Å². The first-order valence-corrected chi connectivity index (χ1v) is 7.18. The number of carbonyl (C=O) groups excluding carboxylic acids is 1. The molecule has 1 atom stereocenters. The lowest BCUT2D eigenvalue weighted by molar-refractivity contribution is -0.144. The van der Waals surface area contributed by atoms with Gasteiger partial charge in [0, 0.05) is 0 Å². The maximum atomic E-state index is 12.2. The quantitative estimate of drug-likeness (QED) is 0.840. The molecule has 0 aromatic carbocycles. The number of carboxylic acids is 1. The topological polar surface area (TPSA) is 79.3 Å². The molecule has 1 unspecified atom stereocenters. The molecule has 0 aliphatic heterocycles. The largest absolute Gasteiger partial charge is 0.480 e. The number of carbonyl (C=O) groups is 2. The van der Waals surface area contributed by atoms with E-state index in [2.05, 4.69) is 10.3 Å². The number of rotatable bonds is 6. The smallest absolute Gasteiger partial charge is 0.329 e. The van der Waals surface area contributed by atoms with Gasteiger partial charge in [0.2, 0.25) is 0 Å². The fourth-order valence-corrected chi connectivity index (χ4v) is 2.74. The number of hydrogen-bond donors (Lipinski definition) is 2. The number of carboxylic acid groups (broad SMARTS) is 1. The minimum absolute atomic E-state index is 0.354. The summed E-state index contributed by atoms with van der Waals surface area (Å²) in [4.78, 5) is 28.3. The van der Waals surface area contributed by atoms with Crippen LogP contribution in [0.1, 0.15) is 54.0 Å². The molecule has 2 N–H and O–H groups in total. The Morgan fingerprint density at radius 1 is 1.42 bits per heavy atom. The van der Waals surface area contributed by atoms with E-state index in [0.717, 1.165) is 11.4 Å². The summed E-state index contributed by atoms with van der Waals surface area (Å²) in [6, 6.07) is 0. The van der Waals surface area contributed by atoms with Crippen molar-refractivity contribution in [1.29, 1.82) is 0 Å². The summed E-state index contributed by atoms with van der Waals surface area (Å²) in [6.07, 6.45) is 1.85. The molecule has 0 fully saturated rings. The number of amides is 1. The Morgan fingerprint density at radius 2 is 2.05 bits per heavy atom. The monoisotopic (exact) mass is 284 g/mol. The third-order valence-electron chi connectivity index (χ3n) is 2.96. The molecule has 106 valence electrons. The molecular formula is C13H20N2O3S. The second-order valence-electron chi connectivity index (χ2n) is 4.72. The lowest BCUT2D eigenvalue weighted by atomic mass is 9.96. The van der Waals surface area contributed by atoms with Gasteiger partial charge in [-0.15, -0.1) is 11.3 Å². The zero-order valence-corrected chi connectivity index (χ0v) is 12.6. The molecule has 0 spiro atoms. The first-order valence-electron chi connectivity index (χ1n) is 6.36. The van der Waals surface area contributed by atoms with Crippen molar-refractivity contribution in [2.75, 3.05) is 0 Å². The van der Waals surface area contributed by atoms with Crippen molar-refractivity contribution in [3.63, 3.8) is 0 Å². The normalized spacial score (nSPS) is 13.9. The summed E-state index contributed by atoms with van der Waals surface area (Å²) in [7, 11) is 0. The van der Waals surface area contributed by atoms with Crippen LogP contribution < -0.4 is 5.32 Å². The molecule has 0 aliphatic carbocycles. The lowest BCUT2D eigenvalue weighted by Gasteiger charge is -2.25. The number of aromatic nitrogens is 1. The van der Waals surface area contributed by atoms with Crippen LogP contribution in [0.15, 0.2) is 0 Å². The first kappa shape index (κ1) is 15.6. The number of hydrogen-bond acceptors (Lipinski definition) is 4. The van der Waals surface area contributed by atoms with Crippen LogP contribution in [0.2, 0.25) is 0 Å². The van der Waals surface area contributed by atoms with Crippen molar-refractivity contribution in [1.82, 2.24) is 10.3 Å². The van der Waals surface area contributed by atoms with Crippen LogP contribution in [0.3, 0.4) is 0 Å². The standard InChI is InChI=1S/C13H20N2O3S/c1-5-7-13(4,12(17)18)15-11(16)10-8(3)14-9(6-2)19-10/h5-7H2,1-4H3,(H,15,16)(H,17,18). The van der Waals surface area contributed by atoms with E-state index in [-0.39, 0.29) is 5.91 Å². The summed E-state index contributed by atoms with van der Waals surface area (Å²) in [5.41, 5.74) is -0.571. The fourth-order valence-electron chi connectivity index (χ4n) is 1.84. The van der Waals surface area contributed by atoms with Crippen LogP contribution in [0.25, 0.3) is 0 Å². The molecule has 1 aromatic heterocycles. The predicted molar refractivity (Wildman–Crippen MR) is 74.6 cm³/mol. The van der Waals surface area contributed by atoms with Crippen molar-refractivity contribution >= 4 is 23.2 Å². The Balaban J connectivity index is 2.93. The first-order chi connectivity index (χ1) is 8.84. The van der Waals surface area contributed by atoms with Crippen LogP contribution in [0.4, 0.5) is 0 Å². The highest BCUT2D eigenvalue weighted by Gasteiger charge is 2.34.